The first-order chi connectivity index (χ1) is 27.4. The van der Waals surface area contributed by atoms with Crippen molar-refractivity contribution in [2.45, 2.75) is 38.5 Å². The van der Waals surface area contributed by atoms with E-state index in [9.17, 15) is 14.6 Å². The maximum absolute atomic E-state index is 13.5. The minimum Gasteiger partial charge on any atom is -0.494 e. The SMILES string of the molecule is Oc1[nH]c2ccc(Cl)cc2c1C=Nc1ccc(OCCN2CCCCC2)cc1.Oc1[nH]c2ccc(F)cc2c1C=Nc1ccc(OCCN2CCCCC2)cc1. The highest BCUT2D eigenvalue weighted by Gasteiger charge is 2.13. The van der Waals surface area contributed by atoms with Gasteiger partial charge < -0.3 is 29.7 Å². The van der Waals surface area contributed by atoms with E-state index >= 15 is 0 Å². The standard InChI is InChI=1S/C22H24ClN3O2.C22H24FN3O2/c2*23-16-4-9-21-19(14-16)20(22(27)25-21)15-24-17-5-7-18(8-6-17)28-13-12-26-10-2-1-3-11-26/h2*4-9,14-15,25,27H,1-3,10-13H2. The van der Waals surface area contributed by atoms with Gasteiger partial charge >= 0.3 is 0 Å². The lowest BCUT2D eigenvalue weighted by Crippen LogP contribution is -2.33. The zero-order valence-corrected chi connectivity index (χ0v) is 32.1. The molecule has 0 spiro atoms. The van der Waals surface area contributed by atoms with Crippen molar-refractivity contribution in [2.24, 2.45) is 9.98 Å². The van der Waals surface area contributed by atoms with Crippen molar-refractivity contribution >= 4 is 57.2 Å². The molecule has 0 unspecified atom stereocenters. The number of fused-ring (bicyclic) bond motifs is 2. The number of aromatic nitrogens is 2. The van der Waals surface area contributed by atoms with Crippen LogP contribution in [-0.2, 0) is 0 Å². The molecule has 56 heavy (non-hydrogen) atoms. The van der Waals surface area contributed by atoms with Crippen LogP contribution in [0, 0.1) is 5.82 Å². The van der Waals surface area contributed by atoms with Gasteiger partial charge in [-0.25, -0.2) is 4.39 Å². The Bertz CT molecular complexity index is 2080. The topological polar surface area (TPSA) is 122 Å². The minimum absolute atomic E-state index is 0.0259. The molecule has 0 atom stereocenters. The first-order valence-electron chi connectivity index (χ1n) is 19.4. The number of hydrogen-bond donors (Lipinski definition) is 4. The van der Waals surface area contributed by atoms with Crippen molar-refractivity contribution in [3.8, 4) is 23.3 Å². The van der Waals surface area contributed by atoms with Crippen molar-refractivity contribution in [1.82, 2.24) is 19.8 Å². The van der Waals surface area contributed by atoms with E-state index in [2.05, 4.69) is 29.8 Å². The van der Waals surface area contributed by atoms with Gasteiger partial charge in [-0.05, 0) is 137 Å². The second kappa shape index (κ2) is 19.0. The van der Waals surface area contributed by atoms with Gasteiger partial charge in [-0.15, -0.1) is 0 Å². The minimum atomic E-state index is -0.354. The summed E-state index contributed by atoms with van der Waals surface area (Å²) in [6.45, 7) is 8.01. The molecule has 2 saturated heterocycles. The fourth-order valence-corrected chi connectivity index (χ4v) is 7.26. The molecule has 292 valence electrons. The lowest BCUT2D eigenvalue weighted by molar-refractivity contribution is 0.183. The summed E-state index contributed by atoms with van der Waals surface area (Å²) in [6.07, 6.45) is 11.0. The van der Waals surface area contributed by atoms with Gasteiger partial charge in [0.15, 0.2) is 11.8 Å². The van der Waals surface area contributed by atoms with E-state index in [0.717, 1.165) is 46.9 Å². The molecular weight excluding hydrogens is 731 g/mol. The van der Waals surface area contributed by atoms with E-state index in [4.69, 9.17) is 21.1 Å². The number of aromatic amines is 2. The maximum Gasteiger partial charge on any atom is 0.198 e. The highest BCUT2D eigenvalue weighted by atomic mass is 35.5. The molecule has 6 aromatic rings. The number of nitrogens with one attached hydrogen (secondary N) is 2. The first kappa shape index (κ1) is 38.9. The van der Waals surface area contributed by atoms with Gasteiger partial charge in [0.25, 0.3) is 0 Å². The quantitative estimate of drug-likeness (QED) is 0.0919. The van der Waals surface area contributed by atoms with Crippen LogP contribution in [0.4, 0.5) is 15.8 Å². The van der Waals surface area contributed by atoms with Crippen LogP contribution >= 0.6 is 11.6 Å². The smallest absolute Gasteiger partial charge is 0.198 e. The Kier molecular flexibility index (Phi) is 13.2. The molecule has 2 aromatic heterocycles. The van der Waals surface area contributed by atoms with E-state index in [1.165, 1.54) is 76.8 Å². The summed E-state index contributed by atoms with van der Waals surface area (Å²) in [7, 11) is 0. The Morgan fingerprint density at radius 2 is 1.05 bits per heavy atom. The van der Waals surface area contributed by atoms with E-state index in [0.29, 0.717) is 40.3 Å². The molecule has 12 heteroatoms. The molecule has 0 saturated carbocycles. The molecule has 2 aliphatic rings. The van der Waals surface area contributed by atoms with Gasteiger partial charge in [0.2, 0.25) is 0 Å². The molecule has 0 radical (unpaired) electrons. The number of likely N-dealkylation sites (tertiary alicyclic amines) is 2. The van der Waals surface area contributed by atoms with Gasteiger partial charge in [0, 0.05) is 52.3 Å². The normalized spacial score (nSPS) is 15.5. The fourth-order valence-electron chi connectivity index (χ4n) is 7.09. The second-order valence-corrected chi connectivity index (χ2v) is 14.6. The van der Waals surface area contributed by atoms with Crippen molar-refractivity contribution < 1.29 is 24.1 Å². The van der Waals surface area contributed by atoms with Crippen LogP contribution in [0.5, 0.6) is 23.3 Å². The Hall–Kier alpha value is -5.36. The maximum atomic E-state index is 13.5. The average molecular weight is 779 g/mol. The number of aromatic hydroxyl groups is 2. The third-order valence-corrected chi connectivity index (χ3v) is 10.4. The molecule has 8 rings (SSSR count). The summed E-state index contributed by atoms with van der Waals surface area (Å²) in [5, 5.41) is 22.3. The number of benzene rings is 4. The van der Waals surface area contributed by atoms with Gasteiger partial charge in [-0.2, -0.15) is 0 Å². The fraction of sp³-hybridized carbons (Fsp3) is 0.318. The molecular formula is C44H48ClFN6O4. The predicted octanol–water partition coefficient (Wildman–Crippen LogP) is 9.77. The summed E-state index contributed by atoms with van der Waals surface area (Å²) < 4.78 is 25.2. The molecule has 0 amide bonds. The number of rotatable bonds is 12. The van der Waals surface area contributed by atoms with Crippen molar-refractivity contribution in [3.05, 3.63) is 107 Å². The molecule has 0 aliphatic carbocycles. The third-order valence-electron chi connectivity index (χ3n) is 10.2. The second-order valence-electron chi connectivity index (χ2n) is 14.2. The number of piperidine rings is 2. The Morgan fingerprint density at radius 1 is 0.607 bits per heavy atom. The monoisotopic (exact) mass is 778 g/mol. The molecule has 0 bridgehead atoms. The lowest BCUT2D eigenvalue weighted by Gasteiger charge is -2.26. The van der Waals surface area contributed by atoms with Crippen LogP contribution in [0.1, 0.15) is 49.7 Å². The molecule has 2 fully saturated rings. The van der Waals surface area contributed by atoms with E-state index in [-0.39, 0.29) is 17.6 Å². The van der Waals surface area contributed by atoms with Crippen LogP contribution in [-0.4, -0.2) is 94.9 Å². The molecule has 2 aliphatic heterocycles. The number of halogens is 2. The summed E-state index contributed by atoms with van der Waals surface area (Å²) >= 11 is 6.07. The van der Waals surface area contributed by atoms with E-state index < -0.39 is 0 Å². The van der Waals surface area contributed by atoms with Crippen LogP contribution in [0.15, 0.2) is 94.9 Å². The summed E-state index contributed by atoms with van der Waals surface area (Å²) in [5.41, 5.74) is 4.10. The van der Waals surface area contributed by atoms with Gasteiger partial charge in [-0.1, -0.05) is 24.4 Å². The molecule has 4 N–H and O–H groups in total. The van der Waals surface area contributed by atoms with Gasteiger partial charge in [0.1, 0.15) is 30.5 Å². The third kappa shape index (κ3) is 10.5. The van der Waals surface area contributed by atoms with Gasteiger partial charge in [0.05, 0.1) is 22.5 Å². The molecule has 4 heterocycles. The predicted molar refractivity (Wildman–Crippen MR) is 224 cm³/mol. The zero-order chi connectivity index (χ0) is 38.7. The molecule has 4 aromatic carbocycles. The van der Waals surface area contributed by atoms with Crippen LogP contribution in [0.3, 0.4) is 0 Å². The summed E-state index contributed by atoms with van der Waals surface area (Å²) in [5.74, 6) is 1.36. The average Bonchev–Trinajstić information content (AvgIpc) is 3.71. The zero-order valence-electron chi connectivity index (χ0n) is 31.4. The van der Waals surface area contributed by atoms with Crippen LogP contribution in [0.25, 0.3) is 21.8 Å². The summed E-state index contributed by atoms with van der Waals surface area (Å²) in [4.78, 5) is 19.5. The van der Waals surface area contributed by atoms with Crippen molar-refractivity contribution in [1.29, 1.82) is 0 Å². The lowest BCUT2D eigenvalue weighted by atomic mass is 10.1. The first-order valence-corrected chi connectivity index (χ1v) is 19.7. The largest absolute Gasteiger partial charge is 0.494 e. The Morgan fingerprint density at radius 3 is 1.54 bits per heavy atom. The number of nitrogens with zero attached hydrogens (tertiary/aromatic N) is 4. The van der Waals surface area contributed by atoms with Crippen LogP contribution in [0.2, 0.25) is 5.02 Å². The van der Waals surface area contributed by atoms with Crippen LogP contribution < -0.4 is 9.47 Å². The van der Waals surface area contributed by atoms with Gasteiger partial charge in [-0.3, -0.25) is 19.8 Å². The van der Waals surface area contributed by atoms with Crippen molar-refractivity contribution in [3.63, 3.8) is 0 Å². The van der Waals surface area contributed by atoms with E-state index in [1.54, 1.807) is 24.6 Å². The van der Waals surface area contributed by atoms with Crippen molar-refractivity contribution in [2.75, 3.05) is 52.5 Å². The Labute approximate surface area is 331 Å². The number of aliphatic imine (C=N–C) groups is 2. The number of H-pyrrole nitrogens is 2. The van der Waals surface area contributed by atoms with E-state index in [1.807, 2.05) is 60.7 Å². The highest BCUT2D eigenvalue weighted by molar-refractivity contribution is 6.31. The number of hydrogen-bond acceptors (Lipinski definition) is 8. The molecule has 10 nitrogen and oxygen atoms in total. The highest BCUT2D eigenvalue weighted by Crippen LogP contribution is 2.30. The Balaban J connectivity index is 0.000000172. The summed E-state index contributed by atoms with van der Waals surface area (Å²) in [6, 6.07) is 24.9. The number of ether oxygens (including phenoxy) is 2.